The molecule has 0 saturated heterocycles. The van der Waals surface area contributed by atoms with Crippen molar-refractivity contribution < 1.29 is 0 Å². The molecular weight excluding hydrogens is 326 g/mol. The van der Waals surface area contributed by atoms with Crippen LogP contribution in [0, 0.1) is 0 Å². The predicted molar refractivity (Wildman–Crippen MR) is 104 cm³/mol. The van der Waals surface area contributed by atoms with Crippen LogP contribution in [0.25, 0.3) is 26.7 Å². The van der Waals surface area contributed by atoms with E-state index in [2.05, 4.69) is 53.1 Å². The number of nitrogens with two attached hydrogens (primary N) is 1. The maximum Gasteiger partial charge on any atom is 0.195 e. The van der Waals surface area contributed by atoms with Gasteiger partial charge >= 0.3 is 0 Å². The molecule has 5 rings (SSSR count). The predicted octanol–water partition coefficient (Wildman–Crippen LogP) is 4.68. The molecular formula is C21H19N3S. The standard InChI is InChI=1S/C21H19N3S/c22-12-18-20(17-10-9-14-7-4-8-16(14)11-17)23-21-24(18)13-19(25-21)15-5-2-1-3-6-15/h1-3,5-6,9-11,13H,4,7-8,12,22H2. The molecule has 0 radical (unpaired) electrons. The fourth-order valence-corrected chi connectivity index (χ4v) is 4.78. The van der Waals surface area contributed by atoms with Gasteiger partial charge in [-0.25, -0.2) is 4.98 Å². The van der Waals surface area contributed by atoms with Crippen LogP contribution in [0.15, 0.2) is 54.7 Å². The summed E-state index contributed by atoms with van der Waals surface area (Å²) in [5, 5.41) is 0. The van der Waals surface area contributed by atoms with E-state index < -0.39 is 0 Å². The Bertz CT molecular complexity index is 1060. The summed E-state index contributed by atoms with van der Waals surface area (Å²) in [7, 11) is 0. The minimum Gasteiger partial charge on any atom is -0.325 e. The summed E-state index contributed by atoms with van der Waals surface area (Å²) >= 11 is 1.72. The molecule has 2 aromatic heterocycles. The first-order chi connectivity index (χ1) is 12.3. The fraction of sp³-hybridized carbons (Fsp3) is 0.190. The zero-order chi connectivity index (χ0) is 16.8. The van der Waals surface area contributed by atoms with Gasteiger partial charge in [-0.05, 0) is 42.0 Å². The Hall–Kier alpha value is -2.43. The molecule has 4 heteroatoms. The quantitative estimate of drug-likeness (QED) is 0.586. The molecule has 0 unspecified atom stereocenters. The number of aryl methyl sites for hydroxylation is 2. The third-order valence-corrected chi connectivity index (χ3v) is 6.08. The highest BCUT2D eigenvalue weighted by atomic mass is 32.1. The molecule has 1 aliphatic rings. The van der Waals surface area contributed by atoms with Gasteiger partial charge in [-0.2, -0.15) is 0 Å². The van der Waals surface area contributed by atoms with Crippen LogP contribution in [0.2, 0.25) is 0 Å². The fourth-order valence-electron chi connectivity index (χ4n) is 3.77. The van der Waals surface area contributed by atoms with Crippen LogP contribution in [-0.2, 0) is 19.4 Å². The van der Waals surface area contributed by atoms with Crippen LogP contribution in [0.4, 0.5) is 0 Å². The van der Waals surface area contributed by atoms with Crippen molar-refractivity contribution in [2.24, 2.45) is 5.73 Å². The number of nitrogens with zero attached hydrogens (tertiary/aromatic N) is 2. The summed E-state index contributed by atoms with van der Waals surface area (Å²) in [6.45, 7) is 0.485. The van der Waals surface area contributed by atoms with Gasteiger partial charge in [0, 0.05) is 18.3 Å². The van der Waals surface area contributed by atoms with Gasteiger partial charge in [0.15, 0.2) is 4.96 Å². The van der Waals surface area contributed by atoms with E-state index in [1.165, 1.54) is 46.4 Å². The number of benzene rings is 2. The molecule has 0 saturated carbocycles. The van der Waals surface area contributed by atoms with E-state index in [0.29, 0.717) is 6.54 Å². The number of rotatable bonds is 3. The number of aromatic nitrogens is 2. The number of hydrogen-bond donors (Lipinski definition) is 1. The topological polar surface area (TPSA) is 43.3 Å². The lowest BCUT2D eigenvalue weighted by Gasteiger charge is -2.05. The Labute approximate surface area is 150 Å². The van der Waals surface area contributed by atoms with Crippen LogP contribution < -0.4 is 5.73 Å². The largest absolute Gasteiger partial charge is 0.325 e. The lowest BCUT2D eigenvalue weighted by atomic mass is 10.0. The van der Waals surface area contributed by atoms with E-state index in [4.69, 9.17) is 10.7 Å². The second-order valence-electron chi connectivity index (χ2n) is 6.56. The van der Waals surface area contributed by atoms with Crippen molar-refractivity contribution in [2.75, 3.05) is 0 Å². The Morgan fingerprint density at radius 1 is 1.00 bits per heavy atom. The van der Waals surface area contributed by atoms with Crippen LogP contribution in [0.3, 0.4) is 0 Å². The highest BCUT2D eigenvalue weighted by Gasteiger charge is 2.18. The van der Waals surface area contributed by atoms with Crippen LogP contribution in [-0.4, -0.2) is 9.38 Å². The molecule has 124 valence electrons. The van der Waals surface area contributed by atoms with Crippen molar-refractivity contribution in [1.29, 1.82) is 0 Å². The summed E-state index contributed by atoms with van der Waals surface area (Å²) in [6, 6.07) is 17.2. The van der Waals surface area contributed by atoms with E-state index in [9.17, 15) is 0 Å². The molecule has 2 N–H and O–H groups in total. The molecule has 2 heterocycles. The molecule has 0 amide bonds. The van der Waals surface area contributed by atoms with Gasteiger partial charge in [-0.15, -0.1) is 0 Å². The lowest BCUT2D eigenvalue weighted by Crippen LogP contribution is -2.01. The molecule has 0 atom stereocenters. The molecule has 3 nitrogen and oxygen atoms in total. The second kappa shape index (κ2) is 5.83. The summed E-state index contributed by atoms with van der Waals surface area (Å²) in [4.78, 5) is 7.16. The molecule has 1 aliphatic carbocycles. The van der Waals surface area contributed by atoms with E-state index in [0.717, 1.165) is 16.3 Å². The van der Waals surface area contributed by atoms with Crippen molar-refractivity contribution >= 4 is 16.3 Å². The number of fused-ring (bicyclic) bond motifs is 2. The first-order valence-corrected chi connectivity index (χ1v) is 9.53. The number of hydrogen-bond acceptors (Lipinski definition) is 3. The van der Waals surface area contributed by atoms with Gasteiger partial charge in [0.1, 0.15) is 0 Å². The summed E-state index contributed by atoms with van der Waals surface area (Å²) < 4.78 is 2.16. The minimum atomic E-state index is 0.485. The molecule has 25 heavy (non-hydrogen) atoms. The molecule has 4 aromatic rings. The molecule has 0 fully saturated rings. The average Bonchev–Trinajstić information content (AvgIpc) is 3.35. The Morgan fingerprint density at radius 3 is 2.68 bits per heavy atom. The average molecular weight is 345 g/mol. The zero-order valence-corrected chi connectivity index (χ0v) is 14.7. The maximum atomic E-state index is 6.10. The Morgan fingerprint density at radius 2 is 1.84 bits per heavy atom. The normalized spacial score (nSPS) is 13.5. The van der Waals surface area contributed by atoms with E-state index in [-0.39, 0.29) is 0 Å². The third-order valence-electron chi connectivity index (χ3n) is 5.05. The van der Waals surface area contributed by atoms with Crippen LogP contribution in [0.5, 0.6) is 0 Å². The van der Waals surface area contributed by atoms with Crippen molar-refractivity contribution in [3.8, 4) is 21.7 Å². The van der Waals surface area contributed by atoms with Crippen LogP contribution in [0.1, 0.15) is 23.2 Å². The van der Waals surface area contributed by atoms with E-state index in [1.54, 1.807) is 11.3 Å². The van der Waals surface area contributed by atoms with Gasteiger partial charge in [0.25, 0.3) is 0 Å². The van der Waals surface area contributed by atoms with Gasteiger partial charge in [0.05, 0.1) is 16.3 Å². The zero-order valence-electron chi connectivity index (χ0n) is 13.9. The molecule has 0 aliphatic heterocycles. The van der Waals surface area contributed by atoms with Gasteiger partial charge < -0.3 is 5.73 Å². The number of imidazole rings is 1. The molecule has 0 spiro atoms. The third kappa shape index (κ3) is 2.41. The Kier molecular flexibility index (Phi) is 3.47. The van der Waals surface area contributed by atoms with Crippen molar-refractivity contribution in [3.05, 3.63) is 71.5 Å². The summed E-state index contributed by atoms with van der Waals surface area (Å²) in [5.74, 6) is 0. The van der Waals surface area contributed by atoms with E-state index >= 15 is 0 Å². The monoisotopic (exact) mass is 345 g/mol. The maximum absolute atomic E-state index is 6.10. The molecule has 0 bridgehead atoms. The van der Waals surface area contributed by atoms with Gasteiger partial charge in [-0.3, -0.25) is 4.40 Å². The highest BCUT2D eigenvalue weighted by molar-refractivity contribution is 7.20. The minimum absolute atomic E-state index is 0.485. The van der Waals surface area contributed by atoms with Crippen molar-refractivity contribution in [2.45, 2.75) is 25.8 Å². The highest BCUT2D eigenvalue weighted by Crippen LogP contribution is 2.34. The lowest BCUT2D eigenvalue weighted by molar-refractivity contribution is 0.912. The second-order valence-corrected chi connectivity index (χ2v) is 7.57. The molecule has 2 aromatic carbocycles. The summed E-state index contributed by atoms with van der Waals surface area (Å²) in [5.41, 5.74) is 13.6. The van der Waals surface area contributed by atoms with Crippen LogP contribution >= 0.6 is 11.3 Å². The van der Waals surface area contributed by atoms with E-state index in [1.807, 2.05) is 6.07 Å². The summed E-state index contributed by atoms with van der Waals surface area (Å²) in [6.07, 6.45) is 5.82. The Balaban J connectivity index is 1.64. The first-order valence-electron chi connectivity index (χ1n) is 8.72. The first kappa shape index (κ1) is 14.9. The SMILES string of the molecule is NCc1c(-c2ccc3c(c2)CCC3)nc2sc(-c3ccccc3)cn12. The van der Waals surface area contributed by atoms with Crippen molar-refractivity contribution in [3.63, 3.8) is 0 Å². The van der Waals surface area contributed by atoms with Gasteiger partial charge in [-0.1, -0.05) is 53.8 Å². The van der Waals surface area contributed by atoms with Gasteiger partial charge in [0.2, 0.25) is 0 Å². The van der Waals surface area contributed by atoms with Crippen molar-refractivity contribution in [1.82, 2.24) is 9.38 Å². The number of thiazole rings is 1. The smallest absolute Gasteiger partial charge is 0.195 e.